The van der Waals surface area contributed by atoms with Crippen LogP contribution in [0.3, 0.4) is 0 Å². The molecule has 0 unspecified atom stereocenters. The van der Waals surface area contributed by atoms with Crippen LogP contribution in [0.5, 0.6) is 5.75 Å². The summed E-state index contributed by atoms with van der Waals surface area (Å²) in [4.78, 5) is 6.51. The van der Waals surface area contributed by atoms with Crippen molar-refractivity contribution in [2.45, 2.75) is 39.8 Å². The van der Waals surface area contributed by atoms with Crippen LogP contribution in [-0.4, -0.2) is 37.1 Å². The van der Waals surface area contributed by atoms with Gasteiger partial charge in [-0.25, -0.2) is 4.98 Å². The second-order valence-electron chi connectivity index (χ2n) is 7.77. The minimum absolute atomic E-state index is 0.374. The zero-order valence-electron chi connectivity index (χ0n) is 15.7. The summed E-state index contributed by atoms with van der Waals surface area (Å²) in [5.41, 5.74) is 2.76. The molecule has 0 aliphatic carbocycles. The number of benzene rings is 1. The molecule has 4 nitrogen and oxygen atoms in total. The number of methoxy groups -OCH3 is 1. The third kappa shape index (κ3) is 4.10. The van der Waals surface area contributed by atoms with Crippen molar-refractivity contribution < 1.29 is 9.13 Å². The first-order valence-electron chi connectivity index (χ1n) is 8.95. The summed E-state index contributed by atoms with van der Waals surface area (Å²) in [6.07, 6.45) is 2.30. The van der Waals surface area contributed by atoms with Crippen molar-refractivity contribution in [2.75, 3.05) is 27.2 Å². The maximum Gasteiger partial charge on any atom is 0.217 e. The maximum atomic E-state index is 14.5. The standard InChI is InChI=1S/C20H28FN3O/c1-20(2)5-7-24(8-6-20)13-16-10-14-9-15(12-22-3)18(25-4)11-17(14)23-19(16)21/h9-11,22H,5-8,12-13H2,1-4H3. The van der Waals surface area contributed by atoms with E-state index in [4.69, 9.17) is 4.74 Å². The van der Waals surface area contributed by atoms with Crippen LogP contribution in [0.1, 0.15) is 37.8 Å². The van der Waals surface area contributed by atoms with Gasteiger partial charge >= 0.3 is 0 Å². The Labute approximate surface area is 149 Å². The molecule has 1 fully saturated rings. The van der Waals surface area contributed by atoms with E-state index in [1.54, 1.807) is 7.11 Å². The first-order valence-corrected chi connectivity index (χ1v) is 8.95. The van der Waals surface area contributed by atoms with E-state index in [0.29, 0.717) is 29.6 Å². The average Bonchev–Trinajstić information content (AvgIpc) is 2.57. The van der Waals surface area contributed by atoms with Crippen LogP contribution in [0, 0.1) is 11.4 Å². The molecule has 1 aromatic carbocycles. The molecule has 25 heavy (non-hydrogen) atoms. The van der Waals surface area contributed by atoms with Crippen LogP contribution in [0.25, 0.3) is 10.9 Å². The second kappa shape index (κ2) is 7.26. The first-order chi connectivity index (χ1) is 11.9. The average molecular weight is 345 g/mol. The van der Waals surface area contributed by atoms with Gasteiger partial charge in [0.25, 0.3) is 0 Å². The van der Waals surface area contributed by atoms with Gasteiger partial charge in [-0.1, -0.05) is 13.8 Å². The fourth-order valence-electron chi connectivity index (χ4n) is 3.46. The predicted molar refractivity (Wildman–Crippen MR) is 99.3 cm³/mol. The van der Waals surface area contributed by atoms with Crippen molar-refractivity contribution in [1.29, 1.82) is 0 Å². The maximum absolute atomic E-state index is 14.5. The second-order valence-corrected chi connectivity index (χ2v) is 7.77. The molecule has 0 saturated carbocycles. The number of nitrogens with zero attached hydrogens (tertiary/aromatic N) is 2. The van der Waals surface area contributed by atoms with Gasteiger partial charge in [-0.3, -0.25) is 4.90 Å². The van der Waals surface area contributed by atoms with Crippen LogP contribution in [0.4, 0.5) is 4.39 Å². The summed E-state index contributed by atoms with van der Waals surface area (Å²) in [6, 6.07) is 5.80. The molecule has 1 aromatic heterocycles. The number of hydrogen-bond acceptors (Lipinski definition) is 4. The van der Waals surface area contributed by atoms with Gasteiger partial charge < -0.3 is 10.1 Å². The molecule has 0 bridgehead atoms. The van der Waals surface area contributed by atoms with Crippen molar-refractivity contribution in [3.63, 3.8) is 0 Å². The highest BCUT2D eigenvalue weighted by atomic mass is 19.1. The number of hydrogen-bond donors (Lipinski definition) is 1. The number of halogens is 1. The summed E-state index contributed by atoms with van der Waals surface area (Å²) < 4.78 is 19.9. The van der Waals surface area contributed by atoms with E-state index in [9.17, 15) is 4.39 Å². The van der Waals surface area contributed by atoms with Crippen LogP contribution >= 0.6 is 0 Å². The predicted octanol–water partition coefficient (Wildman–Crippen LogP) is 3.72. The van der Waals surface area contributed by atoms with Crippen LogP contribution in [-0.2, 0) is 13.1 Å². The SMILES string of the molecule is CNCc1cc2cc(CN3CCC(C)(C)CC3)c(F)nc2cc1OC. The zero-order chi connectivity index (χ0) is 18.0. The number of aromatic nitrogens is 1. The Bertz CT molecular complexity index is 750. The first kappa shape index (κ1) is 18.1. The Morgan fingerprint density at radius 2 is 1.88 bits per heavy atom. The topological polar surface area (TPSA) is 37.4 Å². The zero-order valence-corrected chi connectivity index (χ0v) is 15.7. The number of ether oxygens (including phenoxy) is 1. The largest absolute Gasteiger partial charge is 0.496 e. The third-order valence-electron chi connectivity index (χ3n) is 5.21. The molecule has 1 aliphatic heterocycles. The Morgan fingerprint density at radius 3 is 2.52 bits per heavy atom. The molecular weight excluding hydrogens is 317 g/mol. The molecule has 0 amide bonds. The van der Waals surface area contributed by atoms with Crippen LogP contribution in [0.15, 0.2) is 18.2 Å². The molecular formula is C20H28FN3O. The summed E-state index contributed by atoms with van der Waals surface area (Å²) in [7, 11) is 3.53. The summed E-state index contributed by atoms with van der Waals surface area (Å²) in [5.74, 6) is 0.362. The number of rotatable bonds is 5. The van der Waals surface area contributed by atoms with Crippen molar-refractivity contribution in [3.05, 3.63) is 35.3 Å². The van der Waals surface area contributed by atoms with Crippen molar-refractivity contribution >= 4 is 10.9 Å². The highest BCUT2D eigenvalue weighted by Gasteiger charge is 2.26. The van der Waals surface area contributed by atoms with E-state index < -0.39 is 0 Å². The molecule has 136 valence electrons. The van der Waals surface area contributed by atoms with Gasteiger partial charge in [0.2, 0.25) is 5.95 Å². The molecule has 0 spiro atoms. The Hall–Kier alpha value is -1.72. The third-order valence-corrected chi connectivity index (χ3v) is 5.21. The minimum atomic E-state index is -0.374. The smallest absolute Gasteiger partial charge is 0.217 e. The summed E-state index contributed by atoms with van der Waals surface area (Å²) in [5, 5.41) is 4.10. The number of likely N-dealkylation sites (tertiary alicyclic amines) is 1. The van der Waals surface area contributed by atoms with Gasteiger partial charge in [0.15, 0.2) is 0 Å². The van der Waals surface area contributed by atoms with Crippen molar-refractivity contribution in [2.24, 2.45) is 5.41 Å². The van der Waals surface area contributed by atoms with Crippen LogP contribution < -0.4 is 10.1 Å². The van der Waals surface area contributed by atoms with Crippen molar-refractivity contribution in [1.82, 2.24) is 15.2 Å². The monoisotopic (exact) mass is 345 g/mol. The van der Waals surface area contributed by atoms with Crippen molar-refractivity contribution in [3.8, 4) is 5.75 Å². The van der Waals surface area contributed by atoms with E-state index in [0.717, 1.165) is 42.6 Å². The fourth-order valence-corrected chi connectivity index (χ4v) is 3.46. The van der Waals surface area contributed by atoms with Gasteiger partial charge in [-0.05, 0) is 50.5 Å². The Balaban J connectivity index is 1.87. The lowest BCUT2D eigenvalue weighted by Crippen LogP contribution is -2.37. The fraction of sp³-hybridized carbons (Fsp3) is 0.550. The van der Waals surface area contributed by atoms with Gasteiger partial charge in [0.05, 0.1) is 12.6 Å². The molecule has 3 rings (SSSR count). The normalized spacial score (nSPS) is 17.8. The Kier molecular flexibility index (Phi) is 5.25. The lowest BCUT2D eigenvalue weighted by Gasteiger charge is -2.36. The molecule has 1 N–H and O–H groups in total. The molecule has 2 heterocycles. The van der Waals surface area contributed by atoms with Gasteiger partial charge in [-0.2, -0.15) is 4.39 Å². The summed E-state index contributed by atoms with van der Waals surface area (Å²) >= 11 is 0. The number of nitrogens with one attached hydrogen (secondary N) is 1. The number of fused-ring (bicyclic) bond motifs is 1. The van der Waals surface area contributed by atoms with Gasteiger partial charge in [0, 0.05) is 35.7 Å². The minimum Gasteiger partial charge on any atom is -0.496 e. The lowest BCUT2D eigenvalue weighted by atomic mass is 9.82. The highest BCUT2D eigenvalue weighted by molar-refractivity contribution is 5.82. The molecule has 0 atom stereocenters. The Morgan fingerprint density at radius 1 is 1.20 bits per heavy atom. The van der Waals surface area contributed by atoms with E-state index in [1.807, 2.05) is 25.2 Å². The number of pyridine rings is 1. The molecule has 2 aromatic rings. The van der Waals surface area contributed by atoms with E-state index >= 15 is 0 Å². The molecule has 0 radical (unpaired) electrons. The van der Waals surface area contributed by atoms with E-state index in [-0.39, 0.29) is 5.95 Å². The molecule has 1 saturated heterocycles. The van der Waals surface area contributed by atoms with E-state index in [1.165, 1.54) is 0 Å². The van der Waals surface area contributed by atoms with E-state index in [2.05, 4.69) is 29.0 Å². The highest BCUT2D eigenvalue weighted by Crippen LogP contribution is 2.31. The molecule has 5 heteroatoms. The summed E-state index contributed by atoms with van der Waals surface area (Å²) in [6.45, 7) is 7.96. The molecule has 1 aliphatic rings. The van der Waals surface area contributed by atoms with Crippen LogP contribution in [0.2, 0.25) is 0 Å². The number of piperidine rings is 1. The quantitative estimate of drug-likeness (QED) is 0.838. The van der Waals surface area contributed by atoms with Gasteiger partial charge in [0.1, 0.15) is 5.75 Å². The lowest BCUT2D eigenvalue weighted by molar-refractivity contribution is 0.126. The van der Waals surface area contributed by atoms with Gasteiger partial charge in [-0.15, -0.1) is 0 Å².